The monoisotopic (exact) mass is 401 g/mol. The van der Waals surface area contributed by atoms with Crippen molar-refractivity contribution >= 4 is 17.4 Å². The molecule has 1 fully saturated rings. The van der Waals surface area contributed by atoms with E-state index in [0.29, 0.717) is 30.1 Å². The first kappa shape index (κ1) is 21.0. The number of methoxy groups -OCH3 is 1. The number of piperazine rings is 1. The number of nitrogens with one attached hydrogen (secondary N) is 3. The molecular formula is C22H28FN3O3+2. The first-order valence-electron chi connectivity index (χ1n) is 9.85. The molecule has 0 saturated carbocycles. The van der Waals surface area contributed by atoms with Crippen molar-refractivity contribution in [1.82, 2.24) is 0 Å². The van der Waals surface area contributed by atoms with E-state index in [2.05, 4.69) is 5.32 Å². The van der Waals surface area contributed by atoms with Gasteiger partial charge in [0.1, 0.15) is 44.3 Å². The maximum absolute atomic E-state index is 13.6. The zero-order chi connectivity index (χ0) is 20.8. The standard InChI is InChI=1S/C22H26FN3O3/c1-16(27)17-4-3-5-20(13-17)24-22(28)15-26-10-8-25(9-11-26)14-18-12-19(23)6-7-21(18)29-2/h3-7,12-13H,8-11,14-15H2,1-2H3,(H,24,28)/p+2. The average Bonchev–Trinajstić information content (AvgIpc) is 2.70. The molecule has 0 radical (unpaired) electrons. The van der Waals surface area contributed by atoms with Crippen molar-refractivity contribution in [3.8, 4) is 5.75 Å². The van der Waals surface area contributed by atoms with Gasteiger partial charge >= 0.3 is 0 Å². The molecule has 0 spiro atoms. The first-order valence-corrected chi connectivity index (χ1v) is 9.85. The first-order chi connectivity index (χ1) is 13.9. The van der Waals surface area contributed by atoms with Gasteiger partial charge in [-0.05, 0) is 37.3 Å². The molecule has 2 aromatic carbocycles. The summed E-state index contributed by atoms with van der Waals surface area (Å²) in [6.07, 6.45) is 0. The Morgan fingerprint density at radius 3 is 2.48 bits per heavy atom. The summed E-state index contributed by atoms with van der Waals surface area (Å²) in [6, 6.07) is 11.6. The van der Waals surface area contributed by atoms with Gasteiger partial charge in [-0.1, -0.05) is 12.1 Å². The highest BCUT2D eigenvalue weighted by atomic mass is 19.1. The highest BCUT2D eigenvalue weighted by Crippen LogP contribution is 2.18. The summed E-state index contributed by atoms with van der Waals surface area (Å²) in [7, 11) is 1.60. The largest absolute Gasteiger partial charge is 0.496 e. The van der Waals surface area contributed by atoms with Crippen LogP contribution in [0, 0.1) is 5.82 Å². The van der Waals surface area contributed by atoms with E-state index in [1.54, 1.807) is 37.4 Å². The maximum Gasteiger partial charge on any atom is 0.279 e. The number of hydrogen-bond acceptors (Lipinski definition) is 3. The van der Waals surface area contributed by atoms with Crippen LogP contribution in [0.4, 0.5) is 10.1 Å². The Hall–Kier alpha value is -2.77. The molecule has 0 unspecified atom stereocenters. The van der Waals surface area contributed by atoms with Crippen LogP contribution in [0.2, 0.25) is 0 Å². The van der Waals surface area contributed by atoms with Gasteiger partial charge in [-0.15, -0.1) is 0 Å². The van der Waals surface area contributed by atoms with E-state index in [-0.39, 0.29) is 17.5 Å². The molecular weight excluding hydrogens is 373 g/mol. The van der Waals surface area contributed by atoms with Crippen LogP contribution < -0.4 is 19.9 Å². The summed E-state index contributed by atoms with van der Waals surface area (Å²) in [6.45, 7) is 6.15. The average molecular weight is 401 g/mol. The van der Waals surface area contributed by atoms with Crippen LogP contribution >= 0.6 is 0 Å². The molecule has 3 N–H and O–H groups in total. The number of carbonyl (C=O) groups is 2. The zero-order valence-electron chi connectivity index (χ0n) is 16.9. The lowest BCUT2D eigenvalue weighted by Crippen LogP contribution is -3.28. The fourth-order valence-electron chi connectivity index (χ4n) is 3.71. The van der Waals surface area contributed by atoms with Gasteiger partial charge in [-0.3, -0.25) is 9.59 Å². The fraction of sp³-hybridized carbons (Fsp3) is 0.364. The molecule has 2 aromatic rings. The van der Waals surface area contributed by atoms with Gasteiger partial charge in [0, 0.05) is 11.3 Å². The number of anilines is 1. The Morgan fingerprint density at radius 2 is 1.79 bits per heavy atom. The van der Waals surface area contributed by atoms with E-state index < -0.39 is 0 Å². The minimum Gasteiger partial charge on any atom is -0.496 e. The van der Waals surface area contributed by atoms with Crippen molar-refractivity contribution in [2.24, 2.45) is 0 Å². The van der Waals surface area contributed by atoms with Gasteiger partial charge in [0.2, 0.25) is 0 Å². The van der Waals surface area contributed by atoms with Crippen molar-refractivity contribution < 1.29 is 28.5 Å². The number of amides is 1. The van der Waals surface area contributed by atoms with Gasteiger partial charge in [-0.25, -0.2) is 4.39 Å². The van der Waals surface area contributed by atoms with Crippen LogP contribution in [0.3, 0.4) is 0 Å². The van der Waals surface area contributed by atoms with E-state index in [0.717, 1.165) is 31.7 Å². The van der Waals surface area contributed by atoms with E-state index in [1.807, 2.05) is 0 Å². The highest BCUT2D eigenvalue weighted by molar-refractivity contribution is 5.97. The summed E-state index contributed by atoms with van der Waals surface area (Å²) >= 11 is 0. The van der Waals surface area contributed by atoms with Gasteiger partial charge in [-0.2, -0.15) is 0 Å². The maximum atomic E-state index is 13.6. The molecule has 0 aliphatic carbocycles. The molecule has 3 rings (SSSR count). The Bertz CT molecular complexity index is 879. The van der Waals surface area contributed by atoms with Gasteiger partial charge in [0.05, 0.1) is 12.7 Å². The number of rotatable bonds is 7. The van der Waals surface area contributed by atoms with E-state index in [4.69, 9.17) is 4.74 Å². The van der Waals surface area contributed by atoms with Gasteiger partial charge in [0.25, 0.3) is 5.91 Å². The molecule has 154 valence electrons. The highest BCUT2D eigenvalue weighted by Gasteiger charge is 2.25. The number of Topliss-reactive ketones (excluding diaryl/α,β-unsaturated/α-hetero) is 1. The summed E-state index contributed by atoms with van der Waals surface area (Å²) in [4.78, 5) is 26.4. The second kappa shape index (κ2) is 9.62. The Balaban J connectivity index is 1.48. The topological polar surface area (TPSA) is 64.3 Å². The molecule has 29 heavy (non-hydrogen) atoms. The molecule has 1 saturated heterocycles. The lowest BCUT2D eigenvalue weighted by Gasteiger charge is -2.29. The number of halogens is 1. The van der Waals surface area contributed by atoms with Crippen LogP contribution in [-0.2, 0) is 11.3 Å². The number of benzene rings is 2. The number of ketones is 1. The molecule has 0 bridgehead atoms. The van der Waals surface area contributed by atoms with Crippen LogP contribution in [0.1, 0.15) is 22.8 Å². The van der Waals surface area contributed by atoms with Gasteiger partial charge < -0.3 is 19.9 Å². The van der Waals surface area contributed by atoms with E-state index in [1.165, 1.54) is 28.9 Å². The Morgan fingerprint density at radius 1 is 1.07 bits per heavy atom. The second-order valence-electron chi connectivity index (χ2n) is 7.49. The number of hydrogen-bond donors (Lipinski definition) is 3. The molecule has 1 aliphatic heterocycles. The molecule has 1 heterocycles. The quantitative estimate of drug-likeness (QED) is 0.571. The molecule has 0 aromatic heterocycles. The molecule has 1 aliphatic rings. The number of carbonyl (C=O) groups excluding carboxylic acids is 2. The number of quaternary nitrogens is 2. The van der Waals surface area contributed by atoms with Crippen LogP contribution in [0.5, 0.6) is 5.75 Å². The predicted molar refractivity (Wildman–Crippen MR) is 108 cm³/mol. The van der Waals surface area contributed by atoms with Crippen molar-refractivity contribution in [2.45, 2.75) is 13.5 Å². The lowest BCUT2D eigenvalue weighted by atomic mass is 10.1. The summed E-state index contributed by atoms with van der Waals surface area (Å²) in [5, 5.41) is 2.88. The fourth-order valence-corrected chi connectivity index (χ4v) is 3.71. The Labute approximate surface area is 170 Å². The molecule has 7 heteroatoms. The van der Waals surface area contributed by atoms with Crippen molar-refractivity contribution in [2.75, 3.05) is 45.2 Å². The molecule has 6 nitrogen and oxygen atoms in total. The van der Waals surface area contributed by atoms with Crippen molar-refractivity contribution in [1.29, 1.82) is 0 Å². The SMILES string of the molecule is COc1ccc(F)cc1C[NH+]1CC[NH+](CC(=O)Nc2cccc(C(C)=O)c2)CC1. The predicted octanol–water partition coefficient (Wildman–Crippen LogP) is -0.0410. The normalized spacial score (nSPS) is 18.9. The van der Waals surface area contributed by atoms with Crippen LogP contribution in [0.25, 0.3) is 0 Å². The third kappa shape index (κ3) is 5.85. The smallest absolute Gasteiger partial charge is 0.279 e. The Kier molecular flexibility index (Phi) is 6.95. The molecule has 1 amide bonds. The summed E-state index contributed by atoms with van der Waals surface area (Å²) in [5.74, 6) is 0.368. The molecule has 0 atom stereocenters. The lowest BCUT2D eigenvalue weighted by molar-refractivity contribution is -1.02. The summed E-state index contributed by atoms with van der Waals surface area (Å²) in [5.41, 5.74) is 2.10. The third-order valence-corrected chi connectivity index (χ3v) is 5.31. The minimum atomic E-state index is -0.255. The van der Waals surface area contributed by atoms with Gasteiger partial charge in [0.15, 0.2) is 12.3 Å². The zero-order valence-corrected chi connectivity index (χ0v) is 16.9. The van der Waals surface area contributed by atoms with Crippen molar-refractivity contribution in [3.05, 3.63) is 59.4 Å². The van der Waals surface area contributed by atoms with E-state index >= 15 is 0 Å². The van der Waals surface area contributed by atoms with E-state index in [9.17, 15) is 14.0 Å². The van der Waals surface area contributed by atoms with Crippen LogP contribution in [0.15, 0.2) is 42.5 Å². The minimum absolute atomic E-state index is 0.0271. The second-order valence-corrected chi connectivity index (χ2v) is 7.49. The van der Waals surface area contributed by atoms with Crippen molar-refractivity contribution in [3.63, 3.8) is 0 Å². The van der Waals surface area contributed by atoms with Crippen LogP contribution in [-0.4, -0.2) is 51.5 Å². The number of ether oxygens (including phenoxy) is 1. The summed E-state index contributed by atoms with van der Waals surface area (Å²) < 4.78 is 18.9. The third-order valence-electron chi connectivity index (χ3n) is 5.31.